The Morgan fingerprint density at radius 2 is 1.38 bits per heavy atom. The minimum atomic E-state index is -0.504. The summed E-state index contributed by atoms with van der Waals surface area (Å²) in [5.41, 5.74) is 4.54. The van der Waals surface area contributed by atoms with E-state index in [2.05, 4.69) is 70.3 Å². The molecule has 5 heterocycles. The first-order valence-corrected chi connectivity index (χ1v) is 25.5. The zero-order chi connectivity index (χ0) is 49.0. The number of urea groups is 1. The van der Waals surface area contributed by atoms with Crippen molar-refractivity contribution in [2.45, 2.75) is 110 Å². The van der Waals surface area contributed by atoms with Crippen LogP contribution in [0.1, 0.15) is 113 Å². The number of aliphatic imine (C=N–C) groups is 2. The lowest BCUT2D eigenvalue weighted by atomic mass is 9.88. The van der Waals surface area contributed by atoms with E-state index in [4.69, 9.17) is 0 Å². The van der Waals surface area contributed by atoms with Crippen LogP contribution in [0.25, 0.3) is 0 Å². The molecule has 0 spiro atoms. The smallest absolute Gasteiger partial charge is 0.320 e. The SMILES string of the molecule is C=N/C=C(/C(C)=C(/C(C)=O)C(=O)NC=Nc1ccc(N2CCN(C3CCN(C(=O)N4CCC(N5CCN(c6ccc(C=O)c(C(=O)N(C)C(C)CCC)c6)CC5)CC4)CC3)CC2)cn1)C1CCCC1. The molecule has 5 fully saturated rings. The molecule has 16 nitrogen and oxygen atoms in total. The fourth-order valence-electron chi connectivity index (χ4n) is 11.2. The minimum Gasteiger partial charge on any atom is -0.369 e. The molecular weight excluding hydrogens is 871 g/mol. The topological polar surface area (TPSA) is 158 Å². The van der Waals surface area contributed by atoms with Crippen molar-refractivity contribution < 1.29 is 24.0 Å². The lowest BCUT2D eigenvalue weighted by molar-refractivity contribution is -0.120. The minimum absolute atomic E-state index is 0.0989. The van der Waals surface area contributed by atoms with Gasteiger partial charge in [-0.15, -0.1) is 0 Å². The van der Waals surface area contributed by atoms with Crippen LogP contribution in [0.2, 0.25) is 0 Å². The standard InChI is InChI=1S/C53H75N11O5/c1-7-10-38(2)58(6)52(68)47-33-45(14-13-42(47)36-65)61-29-25-59(26-30-61)43-17-21-63(22-18-43)53(69)64-23-19-44(20-24-64)60-27-31-62(32-28-60)46-15-16-49(55-34-46)56-37-57-51(67)50(40(4)66)39(3)48(35-54-5)41-11-8-9-12-41/h13-16,33-38,41,43-44H,5,7-12,17-32H2,1-4,6H3,(H,55,56,57,67)/b48-35-,50-39-. The van der Waals surface area contributed by atoms with Crippen molar-refractivity contribution in [3.8, 4) is 0 Å². The van der Waals surface area contributed by atoms with E-state index in [0.717, 1.165) is 166 Å². The quantitative estimate of drug-likeness (QED) is 0.0370. The third kappa shape index (κ3) is 12.5. The number of Topliss-reactive ketones (excluding diaryl/α,β-unsaturated/α-hetero) is 1. The summed E-state index contributed by atoms with van der Waals surface area (Å²) < 4.78 is 0. The molecule has 1 aromatic carbocycles. The molecule has 0 radical (unpaired) electrons. The van der Waals surface area contributed by atoms with Gasteiger partial charge in [-0.1, -0.05) is 26.2 Å². The summed E-state index contributed by atoms with van der Waals surface area (Å²) in [7, 11) is 1.82. The zero-order valence-electron chi connectivity index (χ0n) is 41.8. The third-order valence-electron chi connectivity index (χ3n) is 15.5. The lowest BCUT2D eigenvalue weighted by Gasteiger charge is -2.45. The summed E-state index contributed by atoms with van der Waals surface area (Å²) in [6.07, 6.45) is 15.6. The number of pyridine rings is 1. The second kappa shape index (κ2) is 24.2. The Morgan fingerprint density at radius 3 is 1.88 bits per heavy atom. The molecule has 2 aromatic rings. The van der Waals surface area contributed by atoms with Gasteiger partial charge in [0.2, 0.25) is 0 Å². The Kier molecular flexibility index (Phi) is 17.9. The molecule has 4 aliphatic heterocycles. The normalized spacial score (nSPS) is 20.5. The highest BCUT2D eigenvalue weighted by Gasteiger charge is 2.35. The fourth-order valence-corrected chi connectivity index (χ4v) is 11.2. The number of rotatable bonds is 16. The van der Waals surface area contributed by atoms with Crippen LogP contribution in [0.4, 0.5) is 22.0 Å². The van der Waals surface area contributed by atoms with E-state index in [9.17, 15) is 24.0 Å². The van der Waals surface area contributed by atoms with Crippen LogP contribution in [0.3, 0.4) is 0 Å². The molecule has 372 valence electrons. The highest BCUT2D eigenvalue weighted by molar-refractivity contribution is 6.21. The first-order chi connectivity index (χ1) is 33.4. The maximum atomic E-state index is 13.7. The van der Waals surface area contributed by atoms with Crippen LogP contribution < -0.4 is 15.1 Å². The number of carbonyl (C=O) groups is 5. The summed E-state index contributed by atoms with van der Waals surface area (Å²) in [6, 6.07) is 10.7. The van der Waals surface area contributed by atoms with Crippen molar-refractivity contribution in [2.24, 2.45) is 15.9 Å². The molecule has 5 aliphatic rings. The highest BCUT2D eigenvalue weighted by atomic mass is 16.2. The first kappa shape index (κ1) is 51.1. The molecule has 7 rings (SSSR count). The van der Waals surface area contributed by atoms with E-state index in [1.165, 1.54) is 13.3 Å². The number of likely N-dealkylation sites (tertiary alicyclic amines) is 2. The van der Waals surface area contributed by atoms with Gasteiger partial charge in [0.15, 0.2) is 17.9 Å². The Labute approximate surface area is 409 Å². The number of aromatic nitrogens is 1. The van der Waals surface area contributed by atoms with Gasteiger partial charge in [-0.25, -0.2) is 14.8 Å². The number of hydrogen-bond acceptors (Lipinski definition) is 12. The molecule has 0 bridgehead atoms. The Balaban J connectivity index is 0.806. The van der Waals surface area contributed by atoms with Crippen LogP contribution in [0.15, 0.2) is 69.4 Å². The number of aldehydes is 1. The van der Waals surface area contributed by atoms with Crippen LogP contribution in [-0.4, -0.2) is 176 Å². The number of piperazine rings is 2. The van der Waals surface area contributed by atoms with E-state index in [0.29, 0.717) is 34.6 Å². The maximum Gasteiger partial charge on any atom is 0.320 e. The molecule has 1 saturated carbocycles. The molecule has 69 heavy (non-hydrogen) atoms. The number of carbonyl (C=O) groups excluding carboxylic acids is 5. The van der Waals surface area contributed by atoms with E-state index < -0.39 is 5.91 Å². The van der Waals surface area contributed by atoms with Gasteiger partial charge in [0.25, 0.3) is 11.8 Å². The Bertz CT molecular complexity index is 2220. The van der Waals surface area contributed by atoms with E-state index in [-0.39, 0.29) is 35.3 Å². The largest absolute Gasteiger partial charge is 0.369 e. The predicted octanol–water partition coefficient (Wildman–Crippen LogP) is 6.60. The van der Waals surface area contributed by atoms with Gasteiger partial charge in [0.1, 0.15) is 0 Å². The first-order valence-electron chi connectivity index (χ1n) is 25.5. The maximum absolute atomic E-state index is 13.7. The molecule has 16 heteroatoms. The van der Waals surface area contributed by atoms with Gasteiger partial charge in [-0.3, -0.25) is 34.0 Å². The number of hydrogen-bond donors (Lipinski definition) is 1. The second-order valence-corrected chi connectivity index (χ2v) is 19.6. The van der Waals surface area contributed by atoms with Crippen molar-refractivity contribution in [1.82, 2.24) is 34.8 Å². The number of piperidine rings is 2. The Morgan fingerprint density at radius 1 is 0.812 bits per heavy atom. The Hall–Kier alpha value is -5.74. The summed E-state index contributed by atoms with van der Waals surface area (Å²) in [6.45, 7) is 21.3. The van der Waals surface area contributed by atoms with Gasteiger partial charge in [-0.2, -0.15) is 0 Å². The molecule has 4 saturated heterocycles. The van der Waals surface area contributed by atoms with Gasteiger partial charge >= 0.3 is 6.03 Å². The van der Waals surface area contributed by atoms with E-state index in [1.54, 1.807) is 17.2 Å². The summed E-state index contributed by atoms with van der Waals surface area (Å²) in [5, 5.41) is 2.67. The number of amides is 4. The van der Waals surface area contributed by atoms with Crippen LogP contribution in [0.5, 0.6) is 0 Å². The highest BCUT2D eigenvalue weighted by Crippen LogP contribution is 2.36. The molecule has 1 unspecified atom stereocenters. The lowest BCUT2D eigenvalue weighted by Crippen LogP contribution is -2.57. The zero-order valence-corrected chi connectivity index (χ0v) is 41.8. The van der Waals surface area contributed by atoms with E-state index >= 15 is 0 Å². The van der Waals surface area contributed by atoms with Crippen molar-refractivity contribution in [3.63, 3.8) is 0 Å². The van der Waals surface area contributed by atoms with Crippen molar-refractivity contribution in [1.29, 1.82) is 0 Å². The van der Waals surface area contributed by atoms with Crippen LogP contribution in [-0.2, 0) is 9.59 Å². The number of anilines is 2. The van der Waals surface area contributed by atoms with Gasteiger partial charge in [0, 0.05) is 121 Å². The molecule has 4 amide bonds. The van der Waals surface area contributed by atoms with Crippen LogP contribution >= 0.6 is 0 Å². The monoisotopic (exact) mass is 946 g/mol. The molecular formula is C53H75N11O5. The van der Waals surface area contributed by atoms with Gasteiger partial charge in [-0.05, 0) is 120 Å². The van der Waals surface area contributed by atoms with Crippen LogP contribution in [0, 0.1) is 5.92 Å². The second-order valence-electron chi connectivity index (χ2n) is 19.6. The van der Waals surface area contributed by atoms with Gasteiger partial charge in [0.05, 0.1) is 29.4 Å². The molecule has 1 aromatic heterocycles. The fraction of sp³-hybridized carbons (Fsp3) is 0.585. The van der Waals surface area contributed by atoms with E-state index in [1.807, 2.05) is 44.4 Å². The average Bonchev–Trinajstić information content (AvgIpc) is 3.92. The molecule has 1 N–H and O–H groups in total. The number of nitrogens with one attached hydrogen (secondary N) is 1. The van der Waals surface area contributed by atoms with Gasteiger partial charge < -0.3 is 29.8 Å². The predicted molar refractivity (Wildman–Crippen MR) is 274 cm³/mol. The number of allylic oxidation sites excluding steroid dienone is 2. The van der Waals surface area contributed by atoms with Crippen molar-refractivity contribution in [2.75, 3.05) is 95.4 Å². The number of ketones is 1. The number of benzene rings is 1. The number of nitrogens with zero attached hydrogens (tertiary/aromatic N) is 10. The summed E-state index contributed by atoms with van der Waals surface area (Å²) in [4.78, 5) is 93.4. The van der Waals surface area contributed by atoms with Crippen molar-refractivity contribution >= 4 is 60.2 Å². The average molecular weight is 946 g/mol. The molecule has 1 aliphatic carbocycles. The van der Waals surface area contributed by atoms with Crippen molar-refractivity contribution in [3.05, 3.63) is 70.6 Å². The summed E-state index contributed by atoms with van der Waals surface area (Å²) in [5.74, 6) is -0.203. The summed E-state index contributed by atoms with van der Waals surface area (Å²) >= 11 is 0. The third-order valence-corrected chi connectivity index (χ3v) is 15.5. The molecule has 1 atom stereocenters.